The first-order valence-corrected chi connectivity index (χ1v) is 8.60. The fourth-order valence-corrected chi connectivity index (χ4v) is 3.41. The molecule has 5 nitrogen and oxygen atoms in total. The van der Waals surface area contributed by atoms with E-state index < -0.39 is 0 Å². The molecular formula is C18H24N2O3S. The second kappa shape index (κ2) is 8.70. The summed E-state index contributed by atoms with van der Waals surface area (Å²) < 4.78 is 10.5. The van der Waals surface area contributed by atoms with Gasteiger partial charge >= 0.3 is 0 Å². The minimum absolute atomic E-state index is 0.0371. The Morgan fingerprint density at radius 3 is 2.62 bits per heavy atom. The number of hydrogen-bond donors (Lipinski definition) is 1. The Balaban J connectivity index is 2.00. The van der Waals surface area contributed by atoms with E-state index in [0.29, 0.717) is 18.0 Å². The van der Waals surface area contributed by atoms with Crippen molar-refractivity contribution in [2.24, 2.45) is 0 Å². The lowest BCUT2D eigenvalue weighted by Crippen LogP contribution is -2.35. The average Bonchev–Trinajstić information content (AvgIpc) is 3.08. The molecule has 1 N–H and O–H groups in total. The minimum Gasteiger partial charge on any atom is -0.497 e. The van der Waals surface area contributed by atoms with Gasteiger partial charge in [0.2, 0.25) is 5.91 Å². The molecule has 0 aliphatic carbocycles. The Hall–Kier alpha value is -2.05. The van der Waals surface area contributed by atoms with Gasteiger partial charge in [0, 0.05) is 17.0 Å². The van der Waals surface area contributed by atoms with Gasteiger partial charge in [-0.2, -0.15) is 0 Å². The number of likely N-dealkylation sites (N-methyl/N-ethyl adjacent to an activating group) is 1. The first-order chi connectivity index (χ1) is 11.5. The molecule has 0 fully saturated rings. The highest BCUT2D eigenvalue weighted by Gasteiger charge is 2.17. The molecule has 1 aromatic carbocycles. The summed E-state index contributed by atoms with van der Waals surface area (Å²) in [7, 11) is 7.24. The lowest BCUT2D eigenvalue weighted by molar-refractivity contribution is -0.120. The molecule has 1 aromatic heterocycles. The zero-order chi connectivity index (χ0) is 17.5. The van der Waals surface area contributed by atoms with E-state index in [1.165, 1.54) is 4.88 Å². The molecule has 1 atom stereocenters. The number of carbonyl (C=O) groups is 1. The Morgan fingerprint density at radius 1 is 1.25 bits per heavy atom. The number of nitrogens with one attached hydrogen (secondary N) is 1. The Kier molecular flexibility index (Phi) is 6.63. The molecule has 1 amide bonds. The number of nitrogens with zero attached hydrogens (tertiary/aromatic N) is 1. The smallest absolute Gasteiger partial charge is 0.224 e. The summed E-state index contributed by atoms with van der Waals surface area (Å²) in [6.45, 7) is 0.568. The van der Waals surface area contributed by atoms with E-state index in [1.807, 2.05) is 38.4 Å². The van der Waals surface area contributed by atoms with Gasteiger partial charge in [-0.25, -0.2) is 0 Å². The molecule has 0 aliphatic rings. The number of carbonyl (C=O) groups excluding carboxylic acids is 1. The van der Waals surface area contributed by atoms with Crippen LogP contribution in [0.4, 0.5) is 0 Å². The van der Waals surface area contributed by atoms with Crippen LogP contribution in [0.25, 0.3) is 0 Å². The van der Waals surface area contributed by atoms with E-state index >= 15 is 0 Å². The molecular weight excluding hydrogens is 324 g/mol. The average molecular weight is 348 g/mol. The van der Waals surface area contributed by atoms with Gasteiger partial charge in [-0.3, -0.25) is 4.79 Å². The van der Waals surface area contributed by atoms with E-state index in [1.54, 1.807) is 25.6 Å². The molecule has 0 aliphatic heterocycles. The summed E-state index contributed by atoms with van der Waals surface area (Å²) in [6, 6.07) is 9.75. The first-order valence-electron chi connectivity index (χ1n) is 7.72. The van der Waals surface area contributed by atoms with E-state index in [2.05, 4.69) is 21.7 Å². The highest BCUT2D eigenvalue weighted by molar-refractivity contribution is 7.10. The number of ether oxygens (including phenoxy) is 2. The van der Waals surface area contributed by atoms with Crippen LogP contribution in [-0.4, -0.2) is 45.7 Å². The van der Waals surface area contributed by atoms with Crippen molar-refractivity contribution in [1.82, 2.24) is 10.2 Å². The predicted molar refractivity (Wildman–Crippen MR) is 97.0 cm³/mol. The largest absolute Gasteiger partial charge is 0.497 e. The van der Waals surface area contributed by atoms with Gasteiger partial charge in [0.1, 0.15) is 11.5 Å². The second-order valence-electron chi connectivity index (χ2n) is 5.65. The Morgan fingerprint density at radius 2 is 2.04 bits per heavy atom. The normalized spacial score (nSPS) is 12.0. The molecule has 0 radical (unpaired) electrons. The third kappa shape index (κ3) is 4.72. The first kappa shape index (κ1) is 18.3. The number of amides is 1. The fraction of sp³-hybridized carbons (Fsp3) is 0.389. The van der Waals surface area contributed by atoms with E-state index in [4.69, 9.17) is 9.47 Å². The third-order valence-corrected chi connectivity index (χ3v) is 4.80. The number of hydrogen-bond acceptors (Lipinski definition) is 5. The molecule has 2 rings (SSSR count). The molecule has 0 spiro atoms. The number of methoxy groups -OCH3 is 2. The second-order valence-corrected chi connectivity index (χ2v) is 6.63. The molecule has 0 bridgehead atoms. The van der Waals surface area contributed by atoms with Crippen LogP contribution < -0.4 is 14.8 Å². The van der Waals surface area contributed by atoms with Crippen LogP contribution in [-0.2, 0) is 11.2 Å². The van der Waals surface area contributed by atoms with Crippen molar-refractivity contribution in [3.63, 3.8) is 0 Å². The highest BCUT2D eigenvalue weighted by atomic mass is 32.1. The third-order valence-electron chi connectivity index (χ3n) is 3.83. The summed E-state index contributed by atoms with van der Waals surface area (Å²) in [4.78, 5) is 15.7. The molecule has 130 valence electrons. The SMILES string of the molecule is COc1ccc(OC)c(CC(=O)NCC(c2cccs2)N(C)C)c1. The van der Waals surface area contributed by atoms with Crippen LogP contribution in [0.15, 0.2) is 35.7 Å². The molecule has 2 aromatic rings. The minimum atomic E-state index is -0.0371. The van der Waals surface area contributed by atoms with E-state index in [0.717, 1.165) is 5.56 Å². The number of rotatable bonds is 8. The molecule has 6 heteroatoms. The van der Waals surface area contributed by atoms with Crippen molar-refractivity contribution in [2.75, 3.05) is 34.9 Å². The van der Waals surface area contributed by atoms with Gasteiger partial charge in [-0.1, -0.05) is 6.07 Å². The summed E-state index contributed by atoms with van der Waals surface area (Å²) in [5.41, 5.74) is 0.812. The highest BCUT2D eigenvalue weighted by Crippen LogP contribution is 2.25. The van der Waals surface area contributed by atoms with Crippen LogP contribution in [0, 0.1) is 0 Å². The van der Waals surface area contributed by atoms with Crippen molar-refractivity contribution in [1.29, 1.82) is 0 Å². The summed E-state index contributed by atoms with van der Waals surface area (Å²) in [5.74, 6) is 1.36. The predicted octanol–water partition coefficient (Wildman–Crippen LogP) is 2.73. The standard InChI is InChI=1S/C18H24N2O3S/c1-20(2)15(17-6-5-9-24-17)12-19-18(21)11-13-10-14(22-3)7-8-16(13)23-4/h5-10,15H,11-12H2,1-4H3,(H,19,21). The number of benzene rings is 1. The molecule has 24 heavy (non-hydrogen) atoms. The Bertz CT molecular complexity index is 656. The van der Waals surface area contributed by atoms with Gasteiger partial charge in [0.25, 0.3) is 0 Å². The van der Waals surface area contributed by atoms with Crippen LogP contribution in [0.2, 0.25) is 0 Å². The maximum atomic E-state index is 12.4. The fourth-order valence-electron chi connectivity index (χ4n) is 2.48. The van der Waals surface area contributed by atoms with Gasteiger partial charge in [0.05, 0.1) is 26.7 Å². The van der Waals surface area contributed by atoms with Gasteiger partial charge < -0.3 is 19.7 Å². The summed E-state index contributed by atoms with van der Waals surface area (Å²) in [5, 5.41) is 5.07. The van der Waals surface area contributed by atoms with Crippen LogP contribution in [0.5, 0.6) is 11.5 Å². The van der Waals surface area contributed by atoms with Gasteiger partial charge in [-0.15, -0.1) is 11.3 Å². The molecule has 1 heterocycles. The van der Waals surface area contributed by atoms with Crippen LogP contribution >= 0.6 is 11.3 Å². The van der Waals surface area contributed by atoms with Crippen molar-refractivity contribution in [2.45, 2.75) is 12.5 Å². The molecule has 0 saturated carbocycles. The monoisotopic (exact) mass is 348 g/mol. The quantitative estimate of drug-likeness (QED) is 0.797. The van der Waals surface area contributed by atoms with Crippen molar-refractivity contribution in [3.05, 3.63) is 46.2 Å². The maximum absolute atomic E-state index is 12.4. The van der Waals surface area contributed by atoms with Crippen molar-refractivity contribution in [3.8, 4) is 11.5 Å². The van der Waals surface area contributed by atoms with Crippen molar-refractivity contribution < 1.29 is 14.3 Å². The van der Waals surface area contributed by atoms with Gasteiger partial charge in [0.15, 0.2) is 0 Å². The van der Waals surface area contributed by atoms with Crippen LogP contribution in [0.3, 0.4) is 0 Å². The lowest BCUT2D eigenvalue weighted by atomic mass is 10.1. The summed E-state index contributed by atoms with van der Waals surface area (Å²) in [6.07, 6.45) is 0.255. The maximum Gasteiger partial charge on any atom is 0.224 e. The summed E-state index contributed by atoms with van der Waals surface area (Å²) >= 11 is 1.70. The topological polar surface area (TPSA) is 50.8 Å². The van der Waals surface area contributed by atoms with E-state index in [-0.39, 0.29) is 18.4 Å². The number of thiophene rings is 1. The molecule has 1 unspecified atom stereocenters. The zero-order valence-corrected chi connectivity index (χ0v) is 15.4. The molecule has 0 saturated heterocycles. The zero-order valence-electron chi connectivity index (χ0n) is 14.5. The van der Waals surface area contributed by atoms with E-state index in [9.17, 15) is 4.79 Å². The van der Waals surface area contributed by atoms with Crippen LogP contribution in [0.1, 0.15) is 16.5 Å². The lowest BCUT2D eigenvalue weighted by Gasteiger charge is -2.23. The van der Waals surface area contributed by atoms with Gasteiger partial charge in [-0.05, 0) is 43.7 Å². The Labute approximate surface area is 147 Å². The van der Waals surface area contributed by atoms with Crippen molar-refractivity contribution >= 4 is 17.2 Å².